The molecule has 2 aromatic carbocycles. The Bertz CT molecular complexity index is 653. The lowest BCUT2D eigenvalue weighted by Crippen LogP contribution is -2.19. The summed E-state index contributed by atoms with van der Waals surface area (Å²) < 4.78 is 2.07. The first-order chi connectivity index (χ1) is 9.56. The van der Waals surface area contributed by atoms with Gasteiger partial charge in [-0.2, -0.15) is 5.10 Å². The predicted octanol–water partition coefficient (Wildman–Crippen LogP) is 4.21. The molecule has 0 aliphatic heterocycles. The number of hydrogen-bond acceptors (Lipinski definition) is 2. The van der Waals surface area contributed by atoms with Crippen LogP contribution >= 0.6 is 38.5 Å². The maximum absolute atomic E-state index is 11.9. The van der Waals surface area contributed by atoms with Gasteiger partial charge in [0.1, 0.15) is 0 Å². The topological polar surface area (TPSA) is 41.5 Å². The van der Waals surface area contributed by atoms with Crippen molar-refractivity contribution in [2.45, 2.75) is 6.92 Å². The number of hydrazone groups is 1. The molecule has 0 radical (unpaired) electrons. The monoisotopic (exact) mass is 442 g/mol. The maximum Gasteiger partial charge on any atom is 0.271 e. The van der Waals surface area contributed by atoms with Crippen molar-refractivity contribution in [1.82, 2.24) is 5.43 Å². The first-order valence-electron chi connectivity index (χ1n) is 5.92. The molecule has 2 aromatic rings. The van der Waals surface area contributed by atoms with Crippen molar-refractivity contribution in [3.8, 4) is 0 Å². The van der Waals surface area contributed by atoms with Gasteiger partial charge in [-0.15, -0.1) is 0 Å². The molecule has 1 amide bonds. The number of benzene rings is 2. The van der Waals surface area contributed by atoms with E-state index in [-0.39, 0.29) is 5.91 Å². The van der Waals surface area contributed by atoms with Crippen molar-refractivity contribution < 1.29 is 4.79 Å². The second kappa shape index (κ2) is 6.99. The van der Waals surface area contributed by atoms with Gasteiger partial charge in [-0.25, -0.2) is 5.43 Å². The zero-order valence-electron chi connectivity index (χ0n) is 10.7. The second-order valence-corrected chi connectivity index (χ2v) is 6.32. The zero-order valence-corrected chi connectivity index (χ0v) is 14.5. The number of carbonyl (C=O) groups excluding carboxylic acids is 1. The van der Waals surface area contributed by atoms with Gasteiger partial charge in [0.05, 0.1) is 5.71 Å². The van der Waals surface area contributed by atoms with Gasteiger partial charge < -0.3 is 0 Å². The summed E-state index contributed by atoms with van der Waals surface area (Å²) >= 11 is 5.58. The molecule has 20 heavy (non-hydrogen) atoms. The van der Waals surface area contributed by atoms with E-state index in [1.54, 1.807) is 12.1 Å². The lowest BCUT2D eigenvalue weighted by atomic mass is 10.1. The van der Waals surface area contributed by atoms with Crippen LogP contribution in [0.15, 0.2) is 58.1 Å². The summed E-state index contributed by atoms with van der Waals surface area (Å²) in [4.78, 5) is 11.9. The van der Waals surface area contributed by atoms with Crippen molar-refractivity contribution in [3.63, 3.8) is 0 Å². The lowest BCUT2D eigenvalue weighted by molar-refractivity contribution is 0.0955. The van der Waals surface area contributed by atoms with Crippen LogP contribution in [0.1, 0.15) is 22.8 Å². The highest BCUT2D eigenvalue weighted by molar-refractivity contribution is 14.1. The third-order valence-electron chi connectivity index (χ3n) is 2.67. The van der Waals surface area contributed by atoms with Crippen LogP contribution in [0.2, 0.25) is 0 Å². The number of nitrogens with one attached hydrogen (secondary N) is 1. The third-order valence-corrected chi connectivity index (χ3v) is 3.87. The average Bonchev–Trinajstić information content (AvgIpc) is 2.45. The Balaban J connectivity index is 2.08. The van der Waals surface area contributed by atoms with E-state index in [4.69, 9.17) is 0 Å². The van der Waals surface area contributed by atoms with Crippen LogP contribution in [-0.4, -0.2) is 11.6 Å². The quantitative estimate of drug-likeness (QED) is 0.432. The fourth-order valence-corrected chi connectivity index (χ4v) is 2.39. The summed E-state index contributed by atoms with van der Waals surface area (Å²) in [6, 6.07) is 15.1. The molecule has 0 heterocycles. The van der Waals surface area contributed by atoms with Gasteiger partial charge in [0.2, 0.25) is 0 Å². The predicted molar refractivity (Wildman–Crippen MR) is 93.0 cm³/mol. The zero-order chi connectivity index (χ0) is 14.5. The SMILES string of the molecule is C/C(=N/NC(=O)c1ccc(Br)cc1)c1cccc(I)c1. The van der Waals surface area contributed by atoms with Crippen molar-refractivity contribution in [1.29, 1.82) is 0 Å². The van der Waals surface area contributed by atoms with Crippen LogP contribution in [0.25, 0.3) is 0 Å². The molecule has 3 nitrogen and oxygen atoms in total. The number of halogens is 2. The molecule has 0 spiro atoms. The number of carbonyl (C=O) groups is 1. The van der Waals surface area contributed by atoms with Gasteiger partial charge in [-0.3, -0.25) is 4.79 Å². The van der Waals surface area contributed by atoms with E-state index >= 15 is 0 Å². The first kappa shape index (κ1) is 15.2. The van der Waals surface area contributed by atoms with Crippen molar-refractivity contribution >= 4 is 50.1 Å². The van der Waals surface area contributed by atoms with Gasteiger partial charge in [-0.05, 0) is 71.5 Å². The van der Waals surface area contributed by atoms with E-state index in [0.29, 0.717) is 5.56 Å². The van der Waals surface area contributed by atoms with E-state index in [1.165, 1.54) is 0 Å². The molecule has 0 aliphatic carbocycles. The largest absolute Gasteiger partial charge is 0.271 e. The molecular formula is C15H12BrIN2O. The smallest absolute Gasteiger partial charge is 0.267 e. The van der Waals surface area contributed by atoms with E-state index in [1.807, 2.05) is 43.3 Å². The third kappa shape index (κ3) is 4.14. The Kier molecular flexibility index (Phi) is 5.31. The minimum absolute atomic E-state index is 0.220. The normalized spacial score (nSPS) is 11.2. The molecule has 0 saturated heterocycles. The molecule has 2 rings (SSSR count). The number of nitrogens with zero attached hydrogens (tertiary/aromatic N) is 1. The highest BCUT2D eigenvalue weighted by Gasteiger charge is 2.04. The van der Waals surface area contributed by atoms with Crippen LogP contribution < -0.4 is 5.43 Å². The minimum Gasteiger partial charge on any atom is -0.267 e. The first-order valence-corrected chi connectivity index (χ1v) is 7.79. The highest BCUT2D eigenvalue weighted by atomic mass is 127. The molecule has 102 valence electrons. The molecule has 0 aliphatic rings. The van der Waals surface area contributed by atoms with Gasteiger partial charge >= 0.3 is 0 Å². The summed E-state index contributed by atoms with van der Waals surface area (Å²) in [5, 5.41) is 4.14. The second-order valence-electron chi connectivity index (χ2n) is 4.16. The molecule has 0 bridgehead atoms. The van der Waals surface area contributed by atoms with Crippen LogP contribution in [-0.2, 0) is 0 Å². The Labute approximate surface area is 139 Å². The Hall–Kier alpha value is -1.21. The number of hydrogen-bond donors (Lipinski definition) is 1. The fourth-order valence-electron chi connectivity index (χ4n) is 1.58. The van der Waals surface area contributed by atoms with Crippen molar-refractivity contribution in [3.05, 3.63) is 67.7 Å². The summed E-state index contributed by atoms with van der Waals surface area (Å²) in [5.74, 6) is -0.220. The fraction of sp³-hybridized carbons (Fsp3) is 0.0667. The van der Waals surface area contributed by atoms with E-state index < -0.39 is 0 Å². The average molecular weight is 443 g/mol. The molecule has 0 saturated carbocycles. The summed E-state index contributed by atoms with van der Waals surface area (Å²) in [7, 11) is 0. The molecular weight excluding hydrogens is 431 g/mol. The summed E-state index contributed by atoms with van der Waals surface area (Å²) in [6.45, 7) is 1.87. The van der Waals surface area contributed by atoms with Crippen molar-refractivity contribution in [2.75, 3.05) is 0 Å². The molecule has 1 N–H and O–H groups in total. The Morgan fingerprint density at radius 2 is 1.85 bits per heavy atom. The van der Waals surface area contributed by atoms with Crippen LogP contribution in [0.5, 0.6) is 0 Å². The summed E-state index contributed by atoms with van der Waals surface area (Å²) in [6.07, 6.45) is 0. The highest BCUT2D eigenvalue weighted by Crippen LogP contribution is 2.11. The molecule has 5 heteroatoms. The van der Waals surface area contributed by atoms with E-state index in [0.717, 1.165) is 19.3 Å². The Morgan fingerprint density at radius 3 is 2.50 bits per heavy atom. The van der Waals surface area contributed by atoms with Crippen LogP contribution in [0, 0.1) is 3.57 Å². The van der Waals surface area contributed by atoms with Gasteiger partial charge in [0, 0.05) is 13.6 Å². The molecule has 0 fully saturated rings. The van der Waals surface area contributed by atoms with E-state index in [9.17, 15) is 4.79 Å². The van der Waals surface area contributed by atoms with Crippen LogP contribution in [0.3, 0.4) is 0 Å². The van der Waals surface area contributed by atoms with Gasteiger partial charge in [0.15, 0.2) is 0 Å². The minimum atomic E-state index is -0.220. The maximum atomic E-state index is 11.9. The summed E-state index contributed by atoms with van der Waals surface area (Å²) in [5.41, 5.74) is 4.91. The number of amides is 1. The lowest BCUT2D eigenvalue weighted by Gasteiger charge is -2.03. The standard InChI is InChI=1S/C15H12BrIN2O/c1-10(12-3-2-4-14(17)9-12)18-19-15(20)11-5-7-13(16)8-6-11/h2-9H,1H3,(H,19,20)/b18-10-. The van der Waals surface area contributed by atoms with Gasteiger partial charge in [-0.1, -0.05) is 28.1 Å². The van der Waals surface area contributed by atoms with Crippen molar-refractivity contribution in [2.24, 2.45) is 5.10 Å². The molecule has 0 atom stereocenters. The van der Waals surface area contributed by atoms with E-state index in [2.05, 4.69) is 49.0 Å². The Morgan fingerprint density at radius 1 is 1.15 bits per heavy atom. The number of rotatable bonds is 3. The van der Waals surface area contributed by atoms with Crippen LogP contribution in [0.4, 0.5) is 0 Å². The molecule has 0 aromatic heterocycles. The molecule has 0 unspecified atom stereocenters. The van der Waals surface area contributed by atoms with Gasteiger partial charge in [0.25, 0.3) is 5.91 Å².